The minimum absolute atomic E-state index is 0.0842. The van der Waals surface area contributed by atoms with E-state index < -0.39 is 0 Å². The van der Waals surface area contributed by atoms with E-state index in [9.17, 15) is 0 Å². The fourth-order valence-electron chi connectivity index (χ4n) is 5.00. The van der Waals surface area contributed by atoms with E-state index in [-0.39, 0.29) is 11.5 Å². The van der Waals surface area contributed by atoms with Gasteiger partial charge in [-0.05, 0) is 48.7 Å². The summed E-state index contributed by atoms with van der Waals surface area (Å²) in [6, 6.07) is 17.0. The Balaban J connectivity index is 1.59. The van der Waals surface area contributed by atoms with Gasteiger partial charge in [0.2, 0.25) is 0 Å². The molecule has 2 unspecified atom stereocenters. The summed E-state index contributed by atoms with van der Waals surface area (Å²) in [5, 5.41) is 2.28. The molecule has 3 heterocycles. The van der Waals surface area contributed by atoms with Gasteiger partial charge in [0.15, 0.2) is 0 Å². The van der Waals surface area contributed by atoms with Crippen LogP contribution in [0.1, 0.15) is 24.1 Å². The molecule has 6 rings (SSSR count). The van der Waals surface area contributed by atoms with Gasteiger partial charge in [0.1, 0.15) is 6.34 Å². The van der Waals surface area contributed by atoms with Gasteiger partial charge >= 0.3 is 0 Å². The third kappa shape index (κ3) is 2.69. The van der Waals surface area contributed by atoms with Crippen molar-refractivity contribution in [2.75, 3.05) is 0 Å². The fourth-order valence-corrected chi connectivity index (χ4v) is 5.00. The zero-order chi connectivity index (χ0) is 21.7. The lowest BCUT2D eigenvalue weighted by Gasteiger charge is -2.36. The van der Waals surface area contributed by atoms with Crippen LogP contribution in [0.4, 0.5) is 0 Å². The Bertz CT molecular complexity index is 1510. The molecular formula is C28H22N4. The van der Waals surface area contributed by atoms with Gasteiger partial charge in [0.25, 0.3) is 0 Å². The van der Waals surface area contributed by atoms with Crippen LogP contribution in [-0.2, 0) is 0 Å². The van der Waals surface area contributed by atoms with Gasteiger partial charge in [-0.2, -0.15) is 0 Å². The van der Waals surface area contributed by atoms with E-state index >= 15 is 0 Å². The average Bonchev–Trinajstić information content (AvgIpc) is 2.83. The summed E-state index contributed by atoms with van der Waals surface area (Å²) in [5.74, 6) is 0. The van der Waals surface area contributed by atoms with Crippen LogP contribution in [-0.4, -0.2) is 22.0 Å². The minimum Gasteiger partial charge on any atom is -0.264 e. The van der Waals surface area contributed by atoms with E-state index in [0.717, 1.165) is 38.6 Å². The first-order valence-corrected chi connectivity index (χ1v) is 10.8. The number of hydrogen-bond acceptors (Lipinski definition) is 4. The molecule has 2 aliphatic rings. The van der Waals surface area contributed by atoms with E-state index in [1.807, 2.05) is 30.6 Å². The molecule has 32 heavy (non-hydrogen) atoms. The van der Waals surface area contributed by atoms with E-state index in [0.29, 0.717) is 0 Å². The summed E-state index contributed by atoms with van der Waals surface area (Å²) in [6.07, 6.45) is 13.8. The van der Waals surface area contributed by atoms with Crippen molar-refractivity contribution in [3.05, 3.63) is 96.4 Å². The monoisotopic (exact) mass is 414 g/mol. The maximum absolute atomic E-state index is 4.84. The lowest BCUT2D eigenvalue weighted by Crippen LogP contribution is -2.34. The summed E-state index contributed by atoms with van der Waals surface area (Å²) in [4.78, 5) is 18.8. The summed E-state index contributed by atoms with van der Waals surface area (Å²) in [6.45, 7) is 4.31. The first kappa shape index (κ1) is 18.8. The molecule has 0 fully saturated rings. The van der Waals surface area contributed by atoms with Crippen LogP contribution in [0.2, 0.25) is 0 Å². The zero-order valence-corrected chi connectivity index (χ0v) is 18.0. The van der Waals surface area contributed by atoms with E-state index in [1.165, 1.54) is 11.1 Å². The van der Waals surface area contributed by atoms with Crippen LogP contribution < -0.4 is 0 Å². The van der Waals surface area contributed by atoms with Crippen molar-refractivity contribution in [2.45, 2.75) is 19.9 Å². The summed E-state index contributed by atoms with van der Waals surface area (Å²) in [5.41, 5.74) is 7.38. The number of aromatic nitrogens is 2. The molecular weight excluding hydrogens is 392 g/mol. The van der Waals surface area contributed by atoms with Crippen LogP contribution in [0.25, 0.3) is 32.9 Å². The normalized spacial score (nSPS) is 21.7. The third-order valence-electron chi connectivity index (χ3n) is 6.70. The van der Waals surface area contributed by atoms with Crippen molar-refractivity contribution in [2.24, 2.45) is 15.4 Å². The van der Waals surface area contributed by atoms with Crippen LogP contribution in [0.3, 0.4) is 0 Å². The van der Waals surface area contributed by atoms with E-state index in [4.69, 9.17) is 9.98 Å². The van der Waals surface area contributed by atoms with Gasteiger partial charge in [0.05, 0.1) is 28.2 Å². The second kappa shape index (κ2) is 7.06. The topological polar surface area (TPSA) is 50.5 Å². The summed E-state index contributed by atoms with van der Waals surface area (Å²) < 4.78 is 0. The molecule has 0 bridgehead atoms. The second-order valence-electron chi connectivity index (χ2n) is 8.61. The molecule has 2 aromatic heterocycles. The van der Waals surface area contributed by atoms with E-state index in [1.54, 1.807) is 6.34 Å². The highest BCUT2D eigenvalue weighted by atomic mass is 15.0. The Morgan fingerprint density at radius 1 is 0.812 bits per heavy atom. The zero-order valence-electron chi connectivity index (χ0n) is 18.0. The number of nitrogens with zero attached hydrogens (tertiary/aromatic N) is 4. The number of pyridine rings is 2. The van der Waals surface area contributed by atoms with Crippen molar-refractivity contribution >= 4 is 33.9 Å². The molecule has 0 N–H and O–H groups in total. The number of benzene rings is 2. The number of aryl methyl sites for hydroxylation is 1. The molecule has 4 aromatic rings. The van der Waals surface area contributed by atoms with Gasteiger partial charge in [0, 0.05) is 28.7 Å². The number of aliphatic imine (C=N–C) groups is 2. The van der Waals surface area contributed by atoms with Crippen molar-refractivity contribution in [3.8, 4) is 11.1 Å². The Labute approximate surface area is 186 Å². The SMILES string of the molecule is Cc1ccc(-c2ccc(C3N=CN=C4C=CC=CC43C)c3ncccc23)c2cccnc12. The lowest BCUT2D eigenvalue weighted by atomic mass is 9.72. The van der Waals surface area contributed by atoms with Crippen LogP contribution in [0, 0.1) is 12.3 Å². The third-order valence-corrected chi connectivity index (χ3v) is 6.70. The van der Waals surface area contributed by atoms with Gasteiger partial charge in [-0.25, -0.2) is 4.99 Å². The molecule has 0 saturated carbocycles. The largest absolute Gasteiger partial charge is 0.264 e. The molecule has 0 amide bonds. The van der Waals surface area contributed by atoms with Gasteiger partial charge < -0.3 is 0 Å². The van der Waals surface area contributed by atoms with Crippen molar-refractivity contribution in [1.82, 2.24) is 9.97 Å². The lowest BCUT2D eigenvalue weighted by molar-refractivity contribution is 0.470. The number of rotatable bonds is 2. The highest BCUT2D eigenvalue weighted by Gasteiger charge is 2.40. The van der Waals surface area contributed by atoms with E-state index in [2.05, 4.69) is 78.5 Å². The average molecular weight is 415 g/mol. The maximum Gasteiger partial charge on any atom is 0.111 e. The van der Waals surface area contributed by atoms with Crippen molar-refractivity contribution < 1.29 is 0 Å². The van der Waals surface area contributed by atoms with Crippen molar-refractivity contribution in [1.29, 1.82) is 0 Å². The molecule has 0 saturated heterocycles. The molecule has 0 spiro atoms. The Kier molecular flexibility index (Phi) is 4.15. The summed E-state index contributed by atoms with van der Waals surface area (Å²) in [7, 11) is 0. The smallest absolute Gasteiger partial charge is 0.111 e. The number of allylic oxidation sites excluding steroid dienone is 3. The Morgan fingerprint density at radius 3 is 2.34 bits per heavy atom. The molecule has 154 valence electrons. The Hall–Kier alpha value is -3.92. The highest BCUT2D eigenvalue weighted by Crippen LogP contribution is 2.46. The minimum atomic E-state index is -0.296. The van der Waals surface area contributed by atoms with Gasteiger partial charge in [-0.1, -0.05) is 54.6 Å². The molecule has 2 atom stereocenters. The first-order valence-electron chi connectivity index (χ1n) is 10.8. The van der Waals surface area contributed by atoms with Crippen LogP contribution in [0.15, 0.2) is 95.2 Å². The molecule has 4 heteroatoms. The predicted octanol–water partition coefficient (Wildman–Crippen LogP) is 6.41. The quantitative estimate of drug-likeness (QED) is 0.380. The van der Waals surface area contributed by atoms with Crippen LogP contribution >= 0.6 is 0 Å². The molecule has 1 aliphatic heterocycles. The first-order chi connectivity index (χ1) is 15.7. The van der Waals surface area contributed by atoms with Crippen molar-refractivity contribution in [3.63, 3.8) is 0 Å². The molecule has 2 aromatic carbocycles. The number of hydrogen-bond donors (Lipinski definition) is 0. The molecule has 0 radical (unpaired) electrons. The molecule has 4 nitrogen and oxygen atoms in total. The number of fused-ring (bicyclic) bond motifs is 3. The Morgan fingerprint density at radius 2 is 1.53 bits per heavy atom. The highest BCUT2D eigenvalue weighted by molar-refractivity contribution is 6.08. The standard InChI is InChI=1S/C28H22N4/c1-18-10-11-19(21-7-5-15-29-25(18)21)20-12-13-23(26-22(20)8-6-16-30-26)27-28(2)14-4-3-9-24(28)31-17-32-27/h3-17,27H,1-2H3. The fraction of sp³-hybridized carbons (Fsp3) is 0.143. The van der Waals surface area contributed by atoms with Gasteiger partial charge in [-0.15, -0.1) is 0 Å². The second-order valence-corrected chi connectivity index (χ2v) is 8.61. The van der Waals surface area contributed by atoms with Crippen LogP contribution in [0.5, 0.6) is 0 Å². The predicted molar refractivity (Wildman–Crippen MR) is 132 cm³/mol. The van der Waals surface area contributed by atoms with Gasteiger partial charge in [-0.3, -0.25) is 15.0 Å². The molecule has 1 aliphatic carbocycles. The maximum atomic E-state index is 4.84. The summed E-state index contributed by atoms with van der Waals surface area (Å²) >= 11 is 0.